The Morgan fingerprint density at radius 3 is 2.31 bits per heavy atom. The van der Waals surface area contributed by atoms with E-state index in [1.165, 1.54) is 10.8 Å². The largest absolute Gasteiger partial charge is 0.351 e. The molecule has 0 aliphatic carbocycles. The highest BCUT2D eigenvalue weighted by molar-refractivity contribution is 7.86. The number of halogens is 1. The van der Waals surface area contributed by atoms with Crippen LogP contribution in [-0.4, -0.2) is 18.0 Å². The molecule has 0 aliphatic rings. The van der Waals surface area contributed by atoms with Gasteiger partial charge in [0.2, 0.25) is 5.03 Å². The van der Waals surface area contributed by atoms with E-state index in [-0.39, 0.29) is 5.92 Å². The fourth-order valence-electron chi connectivity index (χ4n) is 1.11. The topological polar surface area (TPSA) is 52.0 Å². The lowest BCUT2D eigenvalue weighted by atomic mass is 10.2. The molecule has 4 nitrogen and oxygen atoms in total. The second-order valence-corrected chi connectivity index (χ2v) is 4.43. The lowest BCUT2D eigenvalue weighted by molar-refractivity contribution is 0.548. The molecule has 0 fully saturated rings. The molecule has 0 N–H and O–H groups in total. The molecule has 0 unspecified atom stereocenters. The zero-order valence-corrected chi connectivity index (χ0v) is 8.47. The highest BCUT2D eigenvalue weighted by Crippen LogP contribution is 2.16. The van der Waals surface area contributed by atoms with Gasteiger partial charge in [-0.1, -0.05) is 17.7 Å². The van der Waals surface area contributed by atoms with E-state index >= 15 is 0 Å². The SMILES string of the molecule is CC(C)c1nc(S(=O)(=O)F)cn1C. The first-order valence-electron chi connectivity index (χ1n) is 3.80. The summed E-state index contributed by atoms with van der Waals surface area (Å²) in [4.78, 5) is 3.68. The van der Waals surface area contributed by atoms with Crippen molar-refractivity contribution in [2.45, 2.75) is 24.8 Å². The molecule has 0 aliphatic heterocycles. The van der Waals surface area contributed by atoms with E-state index in [0.717, 1.165) is 0 Å². The van der Waals surface area contributed by atoms with Crippen LogP contribution >= 0.6 is 0 Å². The van der Waals surface area contributed by atoms with Crippen LogP contribution in [0.2, 0.25) is 0 Å². The standard InChI is InChI=1S/C7H11FN2O2S/c1-5(2)7-9-6(4-10(7)3)13(8,11)12/h4-5H,1-3H3. The molecule has 0 radical (unpaired) electrons. The first kappa shape index (κ1) is 10.2. The van der Waals surface area contributed by atoms with Crippen molar-refractivity contribution in [2.24, 2.45) is 7.05 Å². The van der Waals surface area contributed by atoms with E-state index in [1.54, 1.807) is 7.05 Å². The molecule has 13 heavy (non-hydrogen) atoms. The van der Waals surface area contributed by atoms with E-state index in [0.29, 0.717) is 5.82 Å². The van der Waals surface area contributed by atoms with E-state index in [2.05, 4.69) is 4.98 Å². The molecular formula is C7H11FN2O2S. The van der Waals surface area contributed by atoms with Crippen LogP contribution in [0, 0.1) is 0 Å². The monoisotopic (exact) mass is 206 g/mol. The molecule has 0 atom stereocenters. The zero-order chi connectivity index (χ0) is 10.2. The fraction of sp³-hybridized carbons (Fsp3) is 0.571. The van der Waals surface area contributed by atoms with Crippen LogP contribution in [0.3, 0.4) is 0 Å². The third kappa shape index (κ3) is 2.06. The second-order valence-electron chi connectivity index (χ2n) is 3.14. The molecule has 0 spiro atoms. The normalized spacial score (nSPS) is 12.4. The van der Waals surface area contributed by atoms with E-state index in [9.17, 15) is 12.3 Å². The van der Waals surface area contributed by atoms with Gasteiger partial charge in [-0.05, 0) is 0 Å². The van der Waals surface area contributed by atoms with Crippen LogP contribution in [0.4, 0.5) is 3.89 Å². The maximum Gasteiger partial charge on any atom is 0.351 e. The summed E-state index contributed by atoms with van der Waals surface area (Å²) in [6.45, 7) is 3.72. The van der Waals surface area contributed by atoms with Crippen LogP contribution in [0.1, 0.15) is 25.6 Å². The molecule has 0 saturated heterocycles. The Bertz CT molecular complexity index is 408. The summed E-state index contributed by atoms with van der Waals surface area (Å²) >= 11 is 0. The van der Waals surface area contributed by atoms with Gasteiger partial charge in [0.1, 0.15) is 5.82 Å². The molecule has 1 rings (SSSR count). The van der Waals surface area contributed by atoms with Crippen molar-refractivity contribution in [2.75, 3.05) is 0 Å². The van der Waals surface area contributed by atoms with Gasteiger partial charge in [0, 0.05) is 19.2 Å². The van der Waals surface area contributed by atoms with Crippen LogP contribution < -0.4 is 0 Å². The molecule has 1 aromatic heterocycles. The van der Waals surface area contributed by atoms with Gasteiger partial charge in [-0.15, -0.1) is 0 Å². The van der Waals surface area contributed by atoms with E-state index in [1.807, 2.05) is 13.8 Å². The van der Waals surface area contributed by atoms with Gasteiger partial charge in [-0.2, -0.15) is 8.42 Å². The number of aryl methyl sites for hydroxylation is 1. The Morgan fingerprint density at radius 2 is 2.08 bits per heavy atom. The quantitative estimate of drug-likeness (QED) is 0.683. The molecular weight excluding hydrogens is 195 g/mol. The first-order valence-corrected chi connectivity index (χ1v) is 5.18. The summed E-state index contributed by atoms with van der Waals surface area (Å²) < 4.78 is 34.9. The second kappa shape index (κ2) is 3.10. The molecule has 1 heterocycles. The van der Waals surface area contributed by atoms with Gasteiger partial charge in [-0.3, -0.25) is 0 Å². The summed E-state index contributed by atoms with van der Waals surface area (Å²) in [7, 11) is -3.03. The van der Waals surface area contributed by atoms with Crippen molar-refractivity contribution in [3.05, 3.63) is 12.0 Å². The number of hydrogen-bond acceptors (Lipinski definition) is 3. The first-order chi connectivity index (χ1) is 5.82. The van der Waals surface area contributed by atoms with Gasteiger partial charge < -0.3 is 4.57 Å². The Hall–Kier alpha value is -0.910. The van der Waals surface area contributed by atoms with Crippen molar-refractivity contribution in [3.8, 4) is 0 Å². The summed E-state index contributed by atoms with van der Waals surface area (Å²) in [6.07, 6.45) is 1.17. The zero-order valence-electron chi connectivity index (χ0n) is 7.65. The lowest BCUT2D eigenvalue weighted by Gasteiger charge is -2.02. The van der Waals surface area contributed by atoms with Crippen molar-refractivity contribution >= 4 is 10.2 Å². The molecule has 6 heteroatoms. The molecule has 74 valence electrons. The number of hydrogen-bond donors (Lipinski definition) is 0. The fourth-order valence-corrected chi connectivity index (χ4v) is 1.59. The average Bonchev–Trinajstić information content (AvgIpc) is 2.29. The predicted octanol–water partition coefficient (Wildman–Crippen LogP) is 1.20. The van der Waals surface area contributed by atoms with Crippen LogP contribution in [0.15, 0.2) is 11.2 Å². The third-order valence-corrected chi connectivity index (χ3v) is 2.35. The van der Waals surface area contributed by atoms with Crippen molar-refractivity contribution in [3.63, 3.8) is 0 Å². The molecule has 1 aromatic rings. The highest BCUT2D eigenvalue weighted by atomic mass is 32.3. The minimum absolute atomic E-state index is 0.0699. The average molecular weight is 206 g/mol. The van der Waals surface area contributed by atoms with Crippen LogP contribution in [0.5, 0.6) is 0 Å². The smallest absolute Gasteiger partial charge is 0.336 e. The Kier molecular flexibility index (Phi) is 2.42. The number of imidazole rings is 1. The minimum Gasteiger partial charge on any atom is -0.336 e. The summed E-state index contributed by atoms with van der Waals surface area (Å²) in [6, 6.07) is 0. The highest BCUT2D eigenvalue weighted by Gasteiger charge is 2.19. The van der Waals surface area contributed by atoms with Gasteiger partial charge in [0.15, 0.2) is 0 Å². The number of rotatable bonds is 2. The lowest BCUT2D eigenvalue weighted by Crippen LogP contribution is -1.98. The van der Waals surface area contributed by atoms with E-state index < -0.39 is 15.2 Å². The van der Waals surface area contributed by atoms with E-state index in [4.69, 9.17) is 0 Å². The van der Waals surface area contributed by atoms with Gasteiger partial charge in [0.25, 0.3) is 0 Å². The summed E-state index contributed by atoms with van der Waals surface area (Å²) in [5, 5.41) is -0.515. The summed E-state index contributed by atoms with van der Waals surface area (Å²) in [5.74, 6) is 0.622. The van der Waals surface area contributed by atoms with Crippen molar-refractivity contribution in [1.82, 2.24) is 9.55 Å². The Morgan fingerprint density at radius 1 is 1.54 bits per heavy atom. The molecule has 0 aromatic carbocycles. The van der Waals surface area contributed by atoms with Gasteiger partial charge in [-0.25, -0.2) is 4.98 Å². The Labute approximate surface area is 76.6 Å². The van der Waals surface area contributed by atoms with Crippen molar-refractivity contribution in [1.29, 1.82) is 0 Å². The van der Waals surface area contributed by atoms with Crippen LogP contribution in [-0.2, 0) is 17.3 Å². The van der Waals surface area contributed by atoms with Gasteiger partial charge >= 0.3 is 10.2 Å². The maximum atomic E-state index is 12.5. The summed E-state index contributed by atoms with van der Waals surface area (Å²) in [5.41, 5.74) is 0. The molecule has 0 amide bonds. The predicted molar refractivity (Wildman–Crippen MR) is 45.6 cm³/mol. The Balaban J connectivity index is 3.25. The third-order valence-electron chi connectivity index (χ3n) is 1.66. The van der Waals surface area contributed by atoms with Crippen LogP contribution in [0.25, 0.3) is 0 Å². The molecule has 0 saturated carbocycles. The molecule has 0 bridgehead atoms. The maximum absolute atomic E-state index is 12.5. The minimum atomic E-state index is -4.67. The van der Waals surface area contributed by atoms with Gasteiger partial charge in [0.05, 0.1) is 0 Å². The number of aromatic nitrogens is 2. The van der Waals surface area contributed by atoms with Crippen molar-refractivity contribution < 1.29 is 12.3 Å². The number of nitrogens with zero attached hydrogens (tertiary/aromatic N) is 2.